The van der Waals surface area contributed by atoms with E-state index in [1.807, 2.05) is 31.2 Å². The molecule has 24 heavy (non-hydrogen) atoms. The second-order valence-corrected chi connectivity index (χ2v) is 6.76. The van der Waals surface area contributed by atoms with Crippen LogP contribution >= 0.6 is 11.6 Å². The van der Waals surface area contributed by atoms with Crippen molar-refractivity contribution in [2.75, 3.05) is 0 Å². The molecule has 2 heterocycles. The highest BCUT2D eigenvalue weighted by molar-refractivity contribution is 6.30. The summed E-state index contributed by atoms with van der Waals surface area (Å²) in [5, 5.41) is 9.20. The standard InChI is InChI=1S/C17H18ClN5O/c1-11-14(10-20-23(11)13-6-4-5-12(18)9-13)15-21-16(22-24-15)17(19)7-2-3-8-17/h4-6,9-10H,2-3,7-8,19H2,1H3. The summed E-state index contributed by atoms with van der Waals surface area (Å²) < 4.78 is 7.27. The van der Waals surface area contributed by atoms with Crippen LogP contribution in [0, 0.1) is 6.92 Å². The van der Waals surface area contributed by atoms with Crippen molar-refractivity contribution in [1.82, 2.24) is 19.9 Å². The molecule has 4 rings (SSSR count). The number of rotatable bonds is 3. The van der Waals surface area contributed by atoms with E-state index in [0.717, 1.165) is 42.6 Å². The summed E-state index contributed by atoms with van der Waals surface area (Å²) in [5.41, 5.74) is 8.54. The van der Waals surface area contributed by atoms with E-state index < -0.39 is 5.54 Å². The number of hydrogen-bond acceptors (Lipinski definition) is 5. The smallest absolute Gasteiger partial charge is 0.261 e. The second kappa shape index (κ2) is 5.72. The van der Waals surface area contributed by atoms with E-state index in [9.17, 15) is 0 Å². The molecule has 0 unspecified atom stereocenters. The van der Waals surface area contributed by atoms with Gasteiger partial charge >= 0.3 is 0 Å². The van der Waals surface area contributed by atoms with Crippen LogP contribution in [-0.4, -0.2) is 19.9 Å². The summed E-state index contributed by atoms with van der Waals surface area (Å²) in [5.74, 6) is 1.04. The van der Waals surface area contributed by atoms with E-state index in [-0.39, 0.29) is 0 Å². The number of hydrogen-bond donors (Lipinski definition) is 1. The molecule has 1 saturated carbocycles. The number of nitrogens with zero attached hydrogens (tertiary/aromatic N) is 4. The van der Waals surface area contributed by atoms with E-state index in [4.69, 9.17) is 21.9 Å². The average molecular weight is 344 g/mol. The predicted octanol–water partition coefficient (Wildman–Crippen LogP) is 3.61. The first-order chi connectivity index (χ1) is 11.6. The van der Waals surface area contributed by atoms with Gasteiger partial charge < -0.3 is 10.3 Å². The van der Waals surface area contributed by atoms with E-state index in [1.165, 1.54) is 0 Å². The molecule has 0 aliphatic heterocycles. The molecule has 2 aromatic heterocycles. The van der Waals surface area contributed by atoms with Gasteiger partial charge in [-0.2, -0.15) is 10.1 Å². The Balaban J connectivity index is 1.70. The number of halogens is 1. The first-order valence-corrected chi connectivity index (χ1v) is 8.39. The maximum absolute atomic E-state index is 6.40. The molecule has 3 aromatic rings. The molecule has 6 nitrogen and oxygen atoms in total. The molecule has 1 aliphatic carbocycles. The second-order valence-electron chi connectivity index (χ2n) is 6.32. The molecule has 0 bridgehead atoms. The van der Waals surface area contributed by atoms with E-state index in [1.54, 1.807) is 10.9 Å². The summed E-state index contributed by atoms with van der Waals surface area (Å²) in [6, 6.07) is 7.53. The molecular formula is C17H18ClN5O. The van der Waals surface area contributed by atoms with Crippen LogP contribution in [0.1, 0.15) is 37.2 Å². The summed E-state index contributed by atoms with van der Waals surface area (Å²) in [7, 11) is 0. The Kier molecular flexibility index (Phi) is 3.66. The average Bonchev–Trinajstić information content (AvgIpc) is 3.27. The highest BCUT2D eigenvalue weighted by atomic mass is 35.5. The van der Waals surface area contributed by atoms with Gasteiger partial charge in [-0.05, 0) is 38.0 Å². The molecule has 1 fully saturated rings. The molecule has 0 radical (unpaired) electrons. The fraction of sp³-hybridized carbons (Fsp3) is 0.353. The monoisotopic (exact) mass is 343 g/mol. The maximum atomic E-state index is 6.40. The first-order valence-electron chi connectivity index (χ1n) is 8.01. The van der Waals surface area contributed by atoms with Crippen molar-refractivity contribution < 1.29 is 4.52 Å². The summed E-state index contributed by atoms with van der Waals surface area (Å²) in [6.07, 6.45) is 5.73. The third kappa shape index (κ3) is 2.52. The van der Waals surface area contributed by atoms with Crippen LogP contribution in [-0.2, 0) is 5.54 Å². The van der Waals surface area contributed by atoms with Gasteiger partial charge in [-0.1, -0.05) is 35.7 Å². The Hall–Kier alpha value is -2.18. The fourth-order valence-electron chi connectivity index (χ4n) is 3.25. The topological polar surface area (TPSA) is 82.8 Å². The van der Waals surface area contributed by atoms with Gasteiger partial charge in [0.25, 0.3) is 5.89 Å². The summed E-state index contributed by atoms with van der Waals surface area (Å²) >= 11 is 6.07. The Labute approximate surface area is 144 Å². The lowest BCUT2D eigenvalue weighted by molar-refractivity contribution is 0.372. The van der Waals surface area contributed by atoms with Gasteiger partial charge in [0, 0.05) is 5.02 Å². The minimum atomic E-state index is -0.460. The molecule has 1 aromatic carbocycles. The van der Waals surface area contributed by atoms with Gasteiger partial charge in [-0.3, -0.25) is 0 Å². The van der Waals surface area contributed by atoms with Gasteiger partial charge in [0.2, 0.25) is 0 Å². The van der Waals surface area contributed by atoms with Crippen LogP contribution < -0.4 is 5.73 Å². The van der Waals surface area contributed by atoms with Crippen LogP contribution in [0.3, 0.4) is 0 Å². The summed E-state index contributed by atoms with van der Waals surface area (Å²) in [6.45, 7) is 1.96. The quantitative estimate of drug-likeness (QED) is 0.785. The van der Waals surface area contributed by atoms with Gasteiger partial charge in [-0.25, -0.2) is 4.68 Å². The molecule has 124 valence electrons. The lowest BCUT2D eigenvalue weighted by Crippen LogP contribution is -2.34. The fourth-order valence-corrected chi connectivity index (χ4v) is 3.44. The lowest BCUT2D eigenvalue weighted by atomic mass is 9.99. The van der Waals surface area contributed by atoms with E-state index in [2.05, 4.69) is 15.2 Å². The zero-order chi connectivity index (χ0) is 16.7. The highest BCUT2D eigenvalue weighted by Gasteiger charge is 2.36. The third-order valence-electron chi connectivity index (χ3n) is 4.66. The van der Waals surface area contributed by atoms with Crippen molar-refractivity contribution >= 4 is 11.6 Å². The van der Waals surface area contributed by atoms with Gasteiger partial charge in [0.05, 0.1) is 28.7 Å². The summed E-state index contributed by atoms with van der Waals surface area (Å²) in [4.78, 5) is 4.54. The Morgan fingerprint density at radius 1 is 1.29 bits per heavy atom. The normalized spacial score (nSPS) is 16.6. The number of nitrogens with two attached hydrogens (primary N) is 1. The molecule has 0 saturated heterocycles. The minimum absolute atomic E-state index is 0.451. The van der Waals surface area contributed by atoms with Gasteiger partial charge in [0.1, 0.15) is 0 Å². The van der Waals surface area contributed by atoms with Gasteiger partial charge in [0.15, 0.2) is 5.82 Å². The highest BCUT2D eigenvalue weighted by Crippen LogP contribution is 2.35. The van der Waals surface area contributed by atoms with Crippen molar-refractivity contribution in [2.45, 2.75) is 38.1 Å². The first kappa shape index (κ1) is 15.4. The molecule has 0 atom stereocenters. The SMILES string of the molecule is Cc1c(-c2nc(C3(N)CCCC3)no2)cnn1-c1cccc(Cl)c1. The zero-order valence-corrected chi connectivity index (χ0v) is 14.1. The lowest BCUT2D eigenvalue weighted by Gasteiger charge is -2.17. The van der Waals surface area contributed by atoms with E-state index >= 15 is 0 Å². The van der Waals surface area contributed by atoms with Crippen LogP contribution in [0.2, 0.25) is 5.02 Å². The van der Waals surface area contributed by atoms with Crippen LogP contribution in [0.25, 0.3) is 17.1 Å². The van der Waals surface area contributed by atoms with Crippen molar-refractivity contribution in [2.24, 2.45) is 5.73 Å². The Bertz CT molecular complexity index is 879. The van der Waals surface area contributed by atoms with Crippen LogP contribution in [0.15, 0.2) is 35.0 Å². The van der Waals surface area contributed by atoms with Crippen LogP contribution in [0.5, 0.6) is 0 Å². The van der Waals surface area contributed by atoms with Crippen molar-refractivity contribution in [3.63, 3.8) is 0 Å². The molecule has 0 spiro atoms. The minimum Gasteiger partial charge on any atom is -0.334 e. The van der Waals surface area contributed by atoms with Crippen molar-refractivity contribution in [3.8, 4) is 17.1 Å². The van der Waals surface area contributed by atoms with Crippen LogP contribution in [0.4, 0.5) is 0 Å². The predicted molar refractivity (Wildman–Crippen MR) is 90.9 cm³/mol. The molecule has 7 heteroatoms. The molecular weight excluding hydrogens is 326 g/mol. The maximum Gasteiger partial charge on any atom is 0.261 e. The molecule has 1 aliphatic rings. The zero-order valence-electron chi connectivity index (χ0n) is 13.4. The molecule has 2 N–H and O–H groups in total. The van der Waals surface area contributed by atoms with E-state index in [0.29, 0.717) is 16.7 Å². The molecule has 0 amide bonds. The van der Waals surface area contributed by atoms with Gasteiger partial charge in [-0.15, -0.1) is 0 Å². The van der Waals surface area contributed by atoms with Crippen molar-refractivity contribution in [3.05, 3.63) is 47.0 Å². The Morgan fingerprint density at radius 3 is 2.83 bits per heavy atom. The Morgan fingerprint density at radius 2 is 2.08 bits per heavy atom. The number of aromatic nitrogens is 4. The third-order valence-corrected chi connectivity index (χ3v) is 4.90. The van der Waals surface area contributed by atoms with Crippen molar-refractivity contribution in [1.29, 1.82) is 0 Å². The largest absolute Gasteiger partial charge is 0.334 e. The number of benzene rings is 1.